The van der Waals surface area contributed by atoms with Crippen molar-refractivity contribution in [2.45, 2.75) is 19.9 Å². The van der Waals surface area contributed by atoms with Gasteiger partial charge in [-0.2, -0.15) is 0 Å². The topological polar surface area (TPSA) is 12.0 Å². The first-order valence-corrected chi connectivity index (χ1v) is 6.64. The Kier molecular flexibility index (Phi) is 4.40. The molecule has 0 heterocycles. The van der Waals surface area contributed by atoms with Crippen LogP contribution in [0.15, 0.2) is 48.5 Å². The van der Waals surface area contributed by atoms with Crippen LogP contribution >= 0.6 is 11.6 Å². The second-order valence-corrected chi connectivity index (χ2v) is 4.82. The summed E-state index contributed by atoms with van der Waals surface area (Å²) in [4.78, 5) is 0. The van der Waals surface area contributed by atoms with Gasteiger partial charge in [0.25, 0.3) is 0 Å². The van der Waals surface area contributed by atoms with Gasteiger partial charge in [0.2, 0.25) is 0 Å². The summed E-state index contributed by atoms with van der Waals surface area (Å²) in [5.74, 6) is 0. The van der Waals surface area contributed by atoms with Gasteiger partial charge in [0.1, 0.15) is 0 Å². The lowest BCUT2D eigenvalue weighted by molar-refractivity contribution is 0.630. The molecular formula is C16H18ClN. The van der Waals surface area contributed by atoms with E-state index in [4.69, 9.17) is 11.6 Å². The summed E-state index contributed by atoms with van der Waals surface area (Å²) in [6, 6.07) is 16.9. The van der Waals surface area contributed by atoms with E-state index in [2.05, 4.69) is 54.7 Å². The summed E-state index contributed by atoms with van der Waals surface area (Å²) in [6.45, 7) is 5.06. The summed E-state index contributed by atoms with van der Waals surface area (Å²) >= 11 is 6.22. The van der Waals surface area contributed by atoms with Crippen molar-refractivity contribution in [3.05, 3.63) is 70.2 Å². The second-order valence-electron chi connectivity index (χ2n) is 4.41. The minimum Gasteiger partial charge on any atom is -0.307 e. The number of aryl methyl sites for hydroxylation is 1. The number of benzene rings is 2. The summed E-state index contributed by atoms with van der Waals surface area (Å²) < 4.78 is 0. The number of halogens is 1. The van der Waals surface area contributed by atoms with Gasteiger partial charge in [0.15, 0.2) is 0 Å². The van der Waals surface area contributed by atoms with Gasteiger partial charge >= 0.3 is 0 Å². The van der Waals surface area contributed by atoms with Crippen molar-refractivity contribution >= 4 is 11.6 Å². The van der Waals surface area contributed by atoms with Gasteiger partial charge in [-0.15, -0.1) is 0 Å². The average molecular weight is 260 g/mol. The first-order chi connectivity index (χ1) is 8.72. The number of nitrogens with one attached hydrogen (secondary N) is 1. The van der Waals surface area contributed by atoms with E-state index in [0.717, 1.165) is 17.1 Å². The molecule has 1 N–H and O–H groups in total. The monoisotopic (exact) mass is 259 g/mol. The molecule has 0 aliphatic heterocycles. The Bertz CT molecular complexity index is 508. The van der Waals surface area contributed by atoms with Gasteiger partial charge in [0, 0.05) is 5.02 Å². The fourth-order valence-corrected chi connectivity index (χ4v) is 2.26. The van der Waals surface area contributed by atoms with Crippen LogP contribution in [-0.2, 0) is 0 Å². The van der Waals surface area contributed by atoms with Crippen molar-refractivity contribution in [3.8, 4) is 0 Å². The Hall–Kier alpha value is -1.31. The molecule has 94 valence electrons. The van der Waals surface area contributed by atoms with E-state index in [0.29, 0.717) is 0 Å². The van der Waals surface area contributed by atoms with Crippen LogP contribution in [0.25, 0.3) is 0 Å². The van der Waals surface area contributed by atoms with E-state index in [-0.39, 0.29) is 6.04 Å². The lowest BCUT2D eigenvalue weighted by atomic mass is 9.98. The highest BCUT2D eigenvalue weighted by molar-refractivity contribution is 6.31. The molecule has 0 aliphatic carbocycles. The lowest BCUT2D eigenvalue weighted by Gasteiger charge is -2.19. The maximum absolute atomic E-state index is 6.22. The molecule has 2 aromatic rings. The first kappa shape index (κ1) is 13.1. The van der Waals surface area contributed by atoms with E-state index in [1.807, 2.05) is 13.0 Å². The normalized spacial score (nSPS) is 12.4. The molecule has 2 heteroatoms. The quantitative estimate of drug-likeness (QED) is 0.861. The van der Waals surface area contributed by atoms with Crippen molar-refractivity contribution in [1.82, 2.24) is 5.32 Å². The van der Waals surface area contributed by atoms with Crippen molar-refractivity contribution in [3.63, 3.8) is 0 Å². The molecule has 0 aliphatic rings. The lowest BCUT2D eigenvalue weighted by Crippen LogP contribution is -2.21. The third-order valence-corrected chi connectivity index (χ3v) is 3.48. The number of hydrogen-bond donors (Lipinski definition) is 1. The molecule has 0 amide bonds. The maximum Gasteiger partial charge on any atom is 0.0577 e. The van der Waals surface area contributed by atoms with E-state index in [1.165, 1.54) is 11.1 Å². The zero-order chi connectivity index (χ0) is 13.0. The van der Waals surface area contributed by atoms with Crippen molar-refractivity contribution < 1.29 is 0 Å². The molecule has 0 radical (unpaired) electrons. The molecule has 1 nitrogen and oxygen atoms in total. The van der Waals surface area contributed by atoms with Gasteiger partial charge in [-0.3, -0.25) is 0 Å². The molecule has 0 spiro atoms. The van der Waals surface area contributed by atoms with Gasteiger partial charge in [0.05, 0.1) is 6.04 Å². The van der Waals surface area contributed by atoms with Crippen LogP contribution < -0.4 is 5.32 Å². The highest BCUT2D eigenvalue weighted by Crippen LogP contribution is 2.26. The number of hydrogen-bond acceptors (Lipinski definition) is 1. The third-order valence-electron chi connectivity index (χ3n) is 3.07. The van der Waals surface area contributed by atoms with Crippen LogP contribution in [0.1, 0.15) is 29.7 Å². The molecule has 0 fully saturated rings. The zero-order valence-corrected chi connectivity index (χ0v) is 11.5. The smallest absolute Gasteiger partial charge is 0.0577 e. The minimum absolute atomic E-state index is 0.203. The highest BCUT2D eigenvalue weighted by Gasteiger charge is 2.13. The van der Waals surface area contributed by atoms with Gasteiger partial charge in [-0.1, -0.05) is 61.0 Å². The van der Waals surface area contributed by atoms with Crippen molar-refractivity contribution in [1.29, 1.82) is 0 Å². The molecule has 0 saturated carbocycles. The summed E-state index contributed by atoms with van der Waals surface area (Å²) in [7, 11) is 0. The molecule has 0 saturated heterocycles. The van der Waals surface area contributed by atoms with E-state index in [9.17, 15) is 0 Å². The van der Waals surface area contributed by atoms with E-state index < -0.39 is 0 Å². The summed E-state index contributed by atoms with van der Waals surface area (Å²) in [5, 5.41) is 4.33. The van der Waals surface area contributed by atoms with Crippen LogP contribution in [0.4, 0.5) is 0 Å². The molecule has 1 atom stereocenters. The Morgan fingerprint density at radius 1 is 1.06 bits per heavy atom. The fraction of sp³-hybridized carbons (Fsp3) is 0.250. The standard InChI is InChI=1S/C16H18ClN/c1-3-18-16(13-7-5-4-6-8-13)14-10-9-12(2)15(17)11-14/h4-11,16,18H,3H2,1-2H3. The molecule has 0 aromatic heterocycles. The summed E-state index contributed by atoms with van der Waals surface area (Å²) in [6.07, 6.45) is 0. The molecule has 18 heavy (non-hydrogen) atoms. The SMILES string of the molecule is CCNC(c1ccccc1)c1ccc(C)c(Cl)c1. The third kappa shape index (κ3) is 2.92. The van der Waals surface area contributed by atoms with Gasteiger partial charge < -0.3 is 5.32 Å². The Morgan fingerprint density at radius 3 is 2.39 bits per heavy atom. The predicted octanol–water partition coefficient (Wildman–Crippen LogP) is 4.35. The first-order valence-electron chi connectivity index (χ1n) is 6.26. The maximum atomic E-state index is 6.22. The Morgan fingerprint density at radius 2 is 1.78 bits per heavy atom. The Balaban J connectivity index is 2.38. The van der Waals surface area contributed by atoms with Crippen LogP contribution in [0.2, 0.25) is 5.02 Å². The molecular weight excluding hydrogens is 242 g/mol. The number of rotatable bonds is 4. The summed E-state index contributed by atoms with van der Waals surface area (Å²) in [5.41, 5.74) is 3.58. The van der Waals surface area contributed by atoms with Crippen LogP contribution in [0.5, 0.6) is 0 Å². The molecule has 1 unspecified atom stereocenters. The van der Waals surface area contributed by atoms with Gasteiger partial charge in [-0.25, -0.2) is 0 Å². The molecule has 2 aromatic carbocycles. The van der Waals surface area contributed by atoms with E-state index >= 15 is 0 Å². The zero-order valence-electron chi connectivity index (χ0n) is 10.8. The molecule has 2 rings (SSSR count). The predicted molar refractivity (Wildman–Crippen MR) is 78.2 cm³/mol. The van der Waals surface area contributed by atoms with Crippen molar-refractivity contribution in [2.24, 2.45) is 0 Å². The van der Waals surface area contributed by atoms with Gasteiger partial charge in [-0.05, 0) is 36.2 Å². The molecule has 0 bridgehead atoms. The van der Waals surface area contributed by atoms with Crippen LogP contribution in [0, 0.1) is 6.92 Å². The Labute approximate surface area is 114 Å². The largest absolute Gasteiger partial charge is 0.307 e. The second kappa shape index (κ2) is 6.03. The highest BCUT2D eigenvalue weighted by atomic mass is 35.5. The van der Waals surface area contributed by atoms with Crippen LogP contribution in [0.3, 0.4) is 0 Å². The fourth-order valence-electron chi connectivity index (χ4n) is 2.07. The van der Waals surface area contributed by atoms with Crippen molar-refractivity contribution in [2.75, 3.05) is 6.54 Å². The van der Waals surface area contributed by atoms with E-state index in [1.54, 1.807) is 0 Å². The van der Waals surface area contributed by atoms with Crippen LogP contribution in [-0.4, -0.2) is 6.54 Å². The average Bonchev–Trinajstić information content (AvgIpc) is 2.40. The minimum atomic E-state index is 0.203.